The van der Waals surface area contributed by atoms with Crippen LogP contribution in [0, 0.1) is 0 Å². The van der Waals surface area contributed by atoms with Gasteiger partial charge in [-0.05, 0) is 19.1 Å². The zero-order chi connectivity index (χ0) is 12.7. The molecule has 0 amide bonds. The van der Waals surface area contributed by atoms with Gasteiger partial charge in [-0.1, -0.05) is 18.2 Å². The third kappa shape index (κ3) is 4.92. The normalized spacial score (nSPS) is 9.47. The lowest BCUT2D eigenvalue weighted by atomic mass is 10.2. The Bertz CT molecular complexity index is 410. The highest BCUT2D eigenvalue weighted by Crippen LogP contribution is 2.02. The van der Waals surface area contributed by atoms with Crippen LogP contribution in [0.2, 0.25) is 0 Å². The van der Waals surface area contributed by atoms with Crippen LogP contribution in [0.5, 0.6) is 0 Å². The molecule has 0 aromatic heterocycles. The summed E-state index contributed by atoms with van der Waals surface area (Å²) in [7, 11) is 0. The molecule has 0 radical (unpaired) electrons. The molecule has 0 aliphatic carbocycles. The van der Waals surface area contributed by atoms with Gasteiger partial charge in [-0.15, -0.1) is 0 Å². The van der Waals surface area contributed by atoms with Gasteiger partial charge in [0.15, 0.2) is 0 Å². The molecule has 0 spiro atoms. The van der Waals surface area contributed by atoms with E-state index in [2.05, 4.69) is 9.78 Å². The van der Waals surface area contributed by atoms with Gasteiger partial charge in [-0.2, -0.15) is 0 Å². The average molecular weight is 236 g/mol. The van der Waals surface area contributed by atoms with Crippen LogP contribution in [0.25, 0.3) is 0 Å². The van der Waals surface area contributed by atoms with Gasteiger partial charge in [0.05, 0.1) is 12.0 Å². The lowest BCUT2D eigenvalue weighted by molar-refractivity contribution is -0.234. The zero-order valence-electron chi connectivity index (χ0n) is 9.34. The average Bonchev–Trinajstić information content (AvgIpc) is 2.34. The fourth-order valence-electron chi connectivity index (χ4n) is 1.03. The molecule has 0 saturated carbocycles. The third-order valence-corrected chi connectivity index (χ3v) is 1.90. The van der Waals surface area contributed by atoms with Crippen molar-refractivity contribution in [2.24, 2.45) is 0 Å². The predicted octanol–water partition coefficient (Wildman–Crippen LogP) is 1.67. The van der Waals surface area contributed by atoms with Crippen LogP contribution in [-0.4, -0.2) is 17.7 Å². The van der Waals surface area contributed by atoms with Crippen molar-refractivity contribution in [3.05, 3.63) is 35.9 Å². The summed E-state index contributed by atoms with van der Waals surface area (Å²) in [6.07, 6.45) is -0.0286. The maximum absolute atomic E-state index is 11.3. The van der Waals surface area contributed by atoms with E-state index in [4.69, 9.17) is 0 Å². The molecule has 0 unspecified atom stereocenters. The van der Waals surface area contributed by atoms with Gasteiger partial charge in [-0.25, -0.2) is 19.4 Å². The van der Waals surface area contributed by atoms with Gasteiger partial charge >= 0.3 is 11.9 Å². The molecule has 17 heavy (non-hydrogen) atoms. The smallest absolute Gasteiger partial charge is 0.300 e. The van der Waals surface area contributed by atoms with E-state index < -0.39 is 11.9 Å². The first-order chi connectivity index (χ1) is 8.09. The maximum Gasteiger partial charge on any atom is 0.386 e. The van der Waals surface area contributed by atoms with E-state index in [1.165, 1.54) is 19.1 Å². The summed E-state index contributed by atoms with van der Waals surface area (Å²) in [5.41, 5.74) is 0.284. The number of ketones is 1. The summed E-state index contributed by atoms with van der Waals surface area (Å²) in [5, 5.41) is 0. The van der Waals surface area contributed by atoms with Crippen molar-refractivity contribution in [1.82, 2.24) is 0 Å². The van der Waals surface area contributed by atoms with E-state index in [0.717, 1.165) is 0 Å². The minimum Gasteiger partial charge on any atom is -0.300 e. The lowest BCUT2D eigenvalue weighted by Crippen LogP contribution is -2.12. The second kappa shape index (κ2) is 6.42. The summed E-state index contributed by atoms with van der Waals surface area (Å²) >= 11 is 0. The molecule has 0 aliphatic rings. The van der Waals surface area contributed by atoms with Gasteiger partial charge < -0.3 is 4.79 Å². The summed E-state index contributed by atoms with van der Waals surface area (Å²) in [5.74, 6) is -1.62. The number of rotatable bonds is 4. The fraction of sp³-hybridized carbons (Fsp3) is 0.250. The summed E-state index contributed by atoms with van der Waals surface area (Å²) in [6.45, 7) is 1.36. The highest BCUT2D eigenvalue weighted by molar-refractivity contribution is 5.89. The number of hydrogen-bond donors (Lipinski definition) is 0. The molecule has 0 heterocycles. The van der Waals surface area contributed by atoms with Crippen LogP contribution >= 0.6 is 0 Å². The molecule has 0 aliphatic heterocycles. The Hall–Kier alpha value is -2.17. The Morgan fingerprint density at radius 2 is 1.65 bits per heavy atom. The lowest BCUT2D eigenvalue weighted by Gasteiger charge is -2.02. The van der Waals surface area contributed by atoms with Crippen LogP contribution in [0.15, 0.2) is 30.3 Å². The van der Waals surface area contributed by atoms with Crippen LogP contribution in [0.3, 0.4) is 0 Å². The molecule has 5 heteroatoms. The number of benzene rings is 1. The number of hydrogen-bond acceptors (Lipinski definition) is 5. The quantitative estimate of drug-likeness (QED) is 0.587. The Labute approximate surface area is 98.3 Å². The molecular formula is C12H12O5. The minimum absolute atomic E-state index is 0.0712. The summed E-state index contributed by atoms with van der Waals surface area (Å²) in [4.78, 5) is 41.5. The highest BCUT2D eigenvalue weighted by atomic mass is 17.2. The molecule has 0 saturated heterocycles. The first-order valence-corrected chi connectivity index (χ1v) is 5.06. The fourth-order valence-corrected chi connectivity index (χ4v) is 1.03. The van der Waals surface area contributed by atoms with Crippen LogP contribution in [0.1, 0.15) is 30.1 Å². The van der Waals surface area contributed by atoms with Crippen molar-refractivity contribution in [3.8, 4) is 0 Å². The monoisotopic (exact) mass is 236 g/mol. The van der Waals surface area contributed by atoms with Gasteiger partial charge in [0.2, 0.25) is 0 Å². The van der Waals surface area contributed by atoms with Gasteiger partial charge in [0, 0.05) is 6.42 Å². The molecule has 1 aromatic carbocycles. The van der Waals surface area contributed by atoms with Gasteiger partial charge in [0.1, 0.15) is 5.78 Å². The molecule has 0 N–H and O–H groups in total. The van der Waals surface area contributed by atoms with Gasteiger partial charge in [-0.3, -0.25) is 0 Å². The van der Waals surface area contributed by atoms with Crippen molar-refractivity contribution in [2.75, 3.05) is 0 Å². The van der Waals surface area contributed by atoms with E-state index in [9.17, 15) is 14.4 Å². The van der Waals surface area contributed by atoms with Crippen molar-refractivity contribution < 1.29 is 24.2 Å². The molecule has 0 bridgehead atoms. The van der Waals surface area contributed by atoms with Gasteiger partial charge in [0.25, 0.3) is 0 Å². The van der Waals surface area contributed by atoms with E-state index >= 15 is 0 Å². The van der Waals surface area contributed by atoms with Crippen molar-refractivity contribution in [1.29, 1.82) is 0 Å². The molecule has 1 aromatic rings. The standard InChI is InChI=1S/C12H12O5/c1-9(13)7-8-11(14)16-17-12(15)10-5-3-2-4-6-10/h2-6H,7-8H2,1H3. The Balaban J connectivity index is 2.34. The van der Waals surface area contributed by atoms with Crippen molar-refractivity contribution >= 4 is 17.7 Å². The molecule has 0 atom stereocenters. The Morgan fingerprint density at radius 3 is 2.24 bits per heavy atom. The maximum atomic E-state index is 11.3. The molecule has 1 rings (SSSR count). The highest BCUT2D eigenvalue weighted by Gasteiger charge is 2.12. The van der Waals surface area contributed by atoms with Crippen molar-refractivity contribution in [3.63, 3.8) is 0 Å². The zero-order valence-corrected chi connectivity index (χ0v) is 9.34. The van der Waals surface area contributed by atoms with E-state index in [0.29, 0.717) is 0 Å². The summed E-state index contributed by atoms with van der Waals surface area (Å²) < 4.78 is 0. The Kier molecular flexibility index (Phi) is 4.87. The molecule has 0 fully saturated rings. The van der Waals surface area contributed by atoms with Crippen LogP contribution in [0.4, 0.5) is 0 Å². The largest absolute Gasteiger partial charge is 0.386 e. The van der Waals surface area contributed by atoms with Crippen LogP contribution < -0.4 is 0 Å². The van der Waals surface area contributed by atoms with E-state index in [1.807, 2.05) is 0 Å². The molecule has 5 nitrogen and oxygen atoms in total. The number of Topliss-reactive ketones (excluding diaryl/α,β-unsaturated/α-hetero) is 1. The summed E-state index contributed by atoms with van der Waals surface area (Å²) in [6, 6.07) is 8.13. The van der Waals surface area contributed by atoms with Crippen LogP contribution in [-0.2, 0) is 19.4 Å². The van der Waals surface area contributed by atoms with E-state index in [1.54, 1.807) is 18.2 Å². The topological polar surface area (TPSA) is 69.7 Å². The predicted molar refractivity (Wildman–Crippen MR) is 57.9 cm³/mol. The second-order valence-corrected chi connectivity index (χ2v) is 3.39. The third-order valence-electron chi connectivity index (χ3n) is 1.90. The first kappa shape index (κ1) is 12.9. The SMILES string of the molecule is CC(=O)CCC(=O)OOC(=O)c1ccccc1. The number of carbonyl (C=O) groups excluding carboxylic acids is 3. The Morgan fingerprint density at radius 1 is 1.00 bits per heavy atom. The molecular weight excluding hydrogens is 224 g/mol. The number of carbonyl (C=O) groups is 3. The minimum atomic E-state index is -0.748. The van der Waals surface area contributed by atoms with Crippen molar-refractivity contribution in [2.45, 2.75) is 19.8 Å². The molecule has 90 valence electrons. The first-order valence-electron chi connectivity index (χ1n) is 5.06. The second-order valence-electron chi connectivity index (χ2n) is 3.39. The van der Waals surface area contributed by atoms with E-state index in [-0.39, 0.29) is 24.2 Å².